The van der Waals surface area contributed by atoms with Gasteiger partial charge in [-0.15, -0.1) is 0 Å². The smallest absolute Gasteiger partial charge is 0.471 e. The molecule has 9 nitrogen and oxygen atoms in total. The normalized spacial score (nSPS) is 12.2. The van der Waals surface area contributed by atoms with Crippen LogP contribution in [0, 0.1) is 0 Å². The zero-order valence-electron chi connectivity index (χ0n) is 21.9. The number of pyridine rings is 1. The monoisotopic (exact) mass is 610 g/mol. The van der Waals surface area contributed by atoms with Gasteiger partial charge in [-0.1, -0.05) is 23.2 Å². The van der Waals surface area contributed by atoms with Crippen molar-refractivity contribution in [1.29, 1.82) is 0 Å². The Morgan fingerprint density at radius 1 is 1.10 bits per heavy atom. The minimum Gasteiger partial charge on any atom is -0.486 e. The summed E-state index contributed by atoms with van der Waals surface area (Å²) in [5.74, 6) is -2.85. The van der Waals surface area contributed by atoms with Crippen molar-refractivity contribution in [2.24, 2.45) is 0 Å². The van der Waals surface area contributed by atoms with E-state index >= 15 is 0 Å². The van der Waals surface area contributed by atoms with E-state index in [1.54, 1.807) is 29.8 Å². The molecule has 1 atom stereocenters. The molecule has 0 aliphatic rings. The summed E-state index contributed by atoms with van der Waals surface area (Å²) < 4.78 is 54.8. The van der Waals surface area contributed by atoms with Crippen molar-refractivity contribution in [1.82, 2.24) is 15.3 Å². The number of methoxy groups -OCH3 is 1. The van der Waals surface area contributed by atoms with Crippen molar-refractivity contribution in [2.45, 2.75) is 25.2 Å². The first-order chi connectivity index (χ1) is 19.4. The molecule has 0 fully saturated rings. The lowest BCUT2D eigenvalue weighted by molar-refractivity contribution is -0.175. The number of hydrogen-bond donors (Lipinski definition) is 1. The van der Waals surface area contributed by atoms with Crippen LogP contribution in [-0.4, -0.2) is 55.3 Å². The molecule has 0 unspecified atom stereocenters. The van der Waals surface area contributed by atoms with Gasteiger partial charge in [0.25, 0.3) is 0 Å². The Kier molecular flexibility index (Phi) is 8.93. The molecule has 0 radical (unpaired) electrons. The van der Waals surface area contributed by atoms with Crippen LogP contribution in [0.5, 0.6) is 5.75 Å². The topological polar surface area (TPSA) is 107 Å². The maximum absolute atomic E-state index is 12.7. The average Bonchev–Trinajstić information content (AvgIpc) is 3.36. The summed E-state index contributed by atoms with van der Waals surface area (Å²) in [6, 6.07) is 8.40. The zero-order chi connectivity index (χ0) is 29.9. The van der Waals surface area contributed by atoms with Gasteiger partial charge >= 0.3 is 18.1 Å². The predicted octanol–water partition coefficient (Wildman–Crippen LogP) is 5.60. The number of oxazole rings is 1. The van der Waals surface area contributed by atoms with E-state index in [0.717, 1.165) is 18.4 Å². The van der Waals surface area contributed by atoms with Gasteiger partial charge < -0.3 is 24.1 Å². The Bertz CT molecular complexity index is 1560. The minimum absolute atomic E-state index is 0.0195. The van der Waals surface area contributed by atoms with Crippen LogP contribution >= 0.6 is 23.2 Å². The first-order valence-corrected chi connectivity index (χ1v) is 12.7. The maximum atomic E-state index is 12.7. The summed E-state index contributed by atoms with van der Waals surface area (Å²) in [7, 11) is 4.74. The van der Waals surface area contributed by atoms with Gasteiger partial charge in [0.1, 0.15) is 18.2 Å². The molecule has 2 aromatic carbocycles. The lowest BCUT2D eigenvalue weighted by Crippen LogP contribution is -2.48. The zero-order valence-corrected chi connectivity index (χ0v) is 23.4. The van der Waals surface area contributed by atoms with E-state index in [1.807, 2.05) is 31.1 Å². The third-order valence-electron chi connectivity index (χ3n) is 5.91. The van der Waals surface area contributed by atoms with E-state index < -0.39 is 24.1 Å². The molecule has 14 heteroatoms. The van der Waals surface area contributed by atoms with Crippen LogP contribution in [0.3, 0.4) is 0 Å². The lowest BCUT2D eigenvalue weighted by Gasteiger charge is -2.19. The van der Waals surface area contributed by atoms with Crippen molar-refractivity contribution in [3.63, 3.8) is 0 Å². The quantitative estimate of drug-likeness (QED) is 0.244. The Balaban J connectivity index is 1.59. The standard InChI is InChI=1S/C27H23Cl2F3N4O5/c1-36(2)17-11-16(22-20(12-17)34-24(41-22)15-4-6-33-7-5-15)13-40-23-18(28)8-14(9-19(23)29)10-21(25(37)39-3)35-26(38)27(30,31)32/h4-9,11-12,21H,10,13H2,1-3H3,(H,35,38)/t21-/m0/s1. The number of benzene rings is 2. The summed E-state index contributed by atoms with van der Waals surface area (Å²) in [4.78, 5) is 33.9. The van der Waals surface area contributed by atoms with Crippen LogP contribution < -0.4 is 15.0 Å². The van der Waals surface area contributed by atoms with Gasteiger partial charge in [-0.05, 0) is 42.0 Å². The van der Waals surface area contributed by atoms with Gasteiger partial charge in [-0.25, -0.2) is 9.78 Å². The number of aromatic nitrogens is 2. The van der Waals surface area contributed by atoms with E-state index in [1.165, 1.54) is 12.1 Å². The number of hydrogen-bond acceptors (Lipinski definition) is 8. The average molecular weight is 611 g/mol. The first kappa shape index (κ1) is 29.9. The molecule has 1 amide bonds. The number of esters is 1. The fourth-order valence-corrected chi connectivity index (χ4v) is 4.54. The van der Waals surface area contributed by atoms with Crippen LogP contribution in [0.2, 0.25) is 10.0 Å². The number of anilines is 1. The second-order valence-electron chi connectivity index (χ2n) is 9.03. The summed E-state index contributed by atoms with van der Waals surface area (Å²) in [5.41, 5.74) is 3.59. The number of fused-ring (bicyclic) bond motifs is 1. The van der Waals surface area contributed by atoms with Crippen molar-refractivity contribution < 1.29 is 36.7 Å². The number of nitrogens with zero attached hydrogens (tertiary/aromatic N) is 3. The molecule has 2 heterocycles. The molecule has 4 aromatic rings. The Labute approximate surface area is 242 Å². The first-order valence-electron chi connectivity index (χ1n) is 11.9. The number of carbonyl (C=O) groups is 2. The molecule has 0 aliphatic carbocycles. The minimum atomic E-state index is -5.18. The fraction of sp³-hybridized carbons (Fsp3) is 0.259. The van der Waals surface area contributed by atoms with Crippen molar-refractivity contribution in [3.8, 4) is 17.2 Å². The van der Waals surface area contributed by atoms with E-state index in [4.69, 9.17) is 32.4 Å². The molecule has 0 bridgehead atoms. The van der Waals surface area contributed by atoms with Gasteiger partial charge in [0.15, 0.2) is 11.3 Å². The number of amides is 1. The highest BCUT2D eigenvalue weighted by molar-refractivity contribution is 6.37. The molecule has 1 N–H and O–H groups in total. The molecule has 2 aromatic heterocycles. The number of alkyl halides is 3. The Morgan fingerprint density at radius 3 is 2.34 bits per heavy atom. The summed E-state index contributed by atoms with van der Waals surface area (Å²) >= 11 is 12.8. The van der Waals surface area contributed by atoms with Crippen molar-refractivity contribution in [2.75, 3.05) is 26.1 Å². The predicted molar refractivity (Wildman–Crippen MR) is 146 cm³/mol. The third-order valence-corrected chi connectivity index (χ3v) is 6.48. The van der Waals surface area contributed by atoms with E-state index in [-0.39, 0.29) is 34.4 Å². The molecular formula is C27H23Cl2F3N4O5. The van der Waals surface area contributed by atoms with Gasteiger partial charge in [-0.2, -0.15) is 13.2 Å². The highest BCUT2D eigenvalue weighted by Gasteiger charge is 2.41. The lowest BCUT2D eigenvalue weighted by atomic mass is 10.1. The highest BCUT2D eigenvalue weighted by atomic mass is 35.5. The van der Waals surface area contributed by atoms with Crippen LogP contribution in [0.15, 0.2) is 53.2 Å². The molecule has 0 spiro atoms. The number of carbonyl (C=O) groups excluding carboxylic acids is 2. The molecule has 4 rings (SSSR count). The van der Waals surface area contributed by atoms with Gasteiger partial charge in [0, 0.05) is 49.7 Å². The molecule has 41 heavy (non-hydrogen) atoms. The van der Waals surface area contributed by atoms with Crippen LogP contribution in [-0.2, 0) is 27.4 Å². The molecule has 0 saturated carbocycles. The van der Waals surface area contributed by atoms with Crippen LogP contribution in [0.4, 0.5) is 18.9 Å². The van der Waals surface area contributed by atoms with Gasteiger partial charge in [0.05, 0.1) is 17.2 Å². The highest BCUT2D eigenvalue weighted by Crippen LogP contribution is 2.37. The van der Waals surface area contributed by atoms with Gasteiger partial charge in [0.2, 0.25) is 5.89 Å². The summed E-state index contributed by atoms with van der Waals surface area (Å²) in [6.45, 7) is -0.0195. The van der Waals surface area contributed by atoms with E-state index in [9.17, 15) is 22.8 Å². The third kappa shape index (κ3) is 7.01. The SMILES string of the molecule is COC(=O)[C@H](Cc1cc(Cl)c(OCc2cc(N(C)C)cc3nc(-c4ccncc4)oc23)c(Cl)c1)NC(=O)C(F)(F)F. The number of halogens is 5. The second kappa shape index (κ2) is 12.2. The number of rotatable bonds is 9. The number of ether oxygens (including phenoxy) is 2. The van der Waals surface area contributed by atoms with Gasteiger partial charge in [-0.3, -0.25) is 9.78 Å². The van der Waals surface area contributed by atoms with Crippen molar-refractivity contribution >= 4 is 51.9 Å². The Morgan fingerprint density at radius 2 is 1.76 bits per heavy atom. The second-order valence-corrected chi connectivity index (χ2v) is 9.85. The molecule has 216 valence electrons. The van der Waals surface area contributed by atoms with Crippen LogP contribution in [0.25, 0.3) is 22.6 Å². The van der Waals surface area contributed by atoms with Crippen molar-refractivity contribution in [3.05, 3.63) is 70.0 Å². The number of nitrogens with one attached hydrogen (secondary N) is 1. The Hall–Kier alpha value is -4.03. The molecule has 0 aliphatic heterocycles. The molecule has 0 saturated heterocycles. The van der Waals surface area contributed by atoms with Crippen LogP contribution in [0.1, 0.15) is 11.1 Å². The largest absolute Gasteiger partial charge is 0.486 e. The summed E-state index contributed by atoms with van der Waals surface area (Å²) in [6.07, 6.45) is -2.29. The van der Waals surface area contributed by atoms with E-state index in [2.05, 4.69) is 14.7 Å². The molecular weight excluding hydrogens is 588 g/mol. The fourth-order valence-electron chi connectivity index (χ4n) is 3.90. The van der Waals surface area contributed by atoms with E-state index in [0.29, 0.717) is 22.6 Å². The summed E-state index contributed by atoms with van der Waals surface area (Å²) in [5, 5.41) is 1.69. The maximum Gasteiger partial charge on any atom is 0.471 e.